The van der Waals surface area contributed by atoms with E-state index < -0.39 is 5.97 Å². The van der Waals surface area contributed by atoms with E-state index in [2.05, 4.69) is 86.8 Å². The Kier molecular flexibility index (Phi) is 36.7. The van der Waals surface area contributed by atoms with E-state index >= 15 is 0 Å². The van der Waals surface area contributed by atoms with E-state index in [1.54, 1.807) is 0 Å². The van der Waals surface area contributed by atoms with Gasteiger partial charge in [-0.25, -0.2) is 0 Å². The topological polar surface area (TPSA) is 63.6 Å². The highest BCUT2D eigenvalue weighted by atomic mass is 16.5. The Hall–Kier alpha value is -2.62. The fourth-order valence-electron chi connectivity index (χ4n) is 5.57. The smallest absolute Gasteiger partial charge is 0.306 e. The van der Waals surface area contributed by atoms with E-state index in [0.29, 0.717) is 25.7 Å². The largest absolute Gasteiger partial charge is 0.481 e. The van der Waals surface area contributed by atoms with Crippen molar-refractivity contribution in [1.82, 2.24) is 0 Å². The Bertz CT molecular complexity index is 892. The minimum Gasteiger partial charge on any atom is -0.481 e. The zero-order valence-electron chi connectivity index (χ0n) is 31.3. The molecule has 4 heteroatoms. The Morgan fingerprint density at radius 3 is 1.27 bits per heavy atom. The van der Waals surface area contributed by atoms with Gasteiger partial charge in [-0.05, 0) is 70.6 Å². The van der Waals surface area contributed by atoms with Crippen molar-refractivity contribution in [2.75, 3.05) is 0 Å². The number of carboxylic acid groups (broad SMARTS) is 1. The third-order valence-electron chi connectivity index (χ3n) is 8.46. The normalized spacial score (nSPS) is 13.0. The maximum absolute atomic E-state index is 12.5. The first kappa shape index (κ1) is 45.4. The molecule has 0 amide bonds. The fraction of sp³-hybridized carbons (Fsp3) is 0.682. The highest BCUT2D eigenvalue weighted by molar-refractivity contribution is 5.69. The van der Waals surface area contributed by atoms with Crippen molar-refractivity contribution in [2.24, 2.45) is 0 Å². The van der Waals surface area contributed by atoms with Crippen molar-refractivity contribution in [3.8, 4) is 0 Å². The van der Waals surface area contributed by atoms with Gasteiger partial charge >= 0.3 is 11.9 Å². The molecule has 1 unspecified atom stereocenters. The van der Waals surface area contributed by atoms with Crippen LogP contribution in [0.3, 0.4) is 0 Å². The summed E-state index contributed by atoms with van der Waals surface area (Å²) in [7, 11) is 0. The summed E-state index contributed by atoms with van der Waals surface area (Å²) in [4.78, 5) is 23.5. The van der Waals surface area contributed by atoms with Gasteiger partial charge < -0.3 is 9.84 Å². The van der Waals surface area contributed by atoms with Crippen molar-refractivity contribution in [2.45, 2.75) is 193 Å². The number of aliphatic carboxylic acids is 1. The summed E-state index contributed by atoms with van der Waals surface area (Å²) in [5.74, 6) is -0.958. The molecule has 48 heavy (non-hydrogen) atoms. The summed E-state index contributed by atoms with van der Waals surface area (Å²) in [5, 5.41) is 9.02. The van der Waals surface area contributed by atoms with Crippen LogP contribution in [0.25, 0.3) is 0 Å². The summed E-state index contributed by atoms with van der Waals surface area (Å²) in [5.41, 5.74) is 0. The van der Waals surface area contributed by atoms with Gasteiger partial charge in [0.15, 0.2) is 0 Å². The molecule has 0 aromatic heterocycles. The Morgan fingerprint density at radius 1 is 0.479 bits per heavy atom. The molecule has 0 spiro atoms. The van der Waals surface area contributed by atoms with Crippen molar-refractivity contribution in [3.05, 3.63) is 72.9 Å². The second-order valence-corrected chi connectivity index (χ2v) is 13.1. The summed E-state index contributed by atoms with van der Waals surface area (Å²) < 4.78 is 5.79. The number of allylic oxidation sites excluding steroid dienone is 12. The lowest BCUT2D eigenvalue weighted by atomic mass is 10.0. The third-order valence-corrected chi connectivity index (χ3v) is 8.46. The molecule has 0 heterocycles. The van der Waals surface area contributed by atoms with Crippen LogP contribution in [0.15, 0.2) is 72.9 Å². The van der Waals surface area contributed by atoms with Crippen LogP contribution in [0.4, 0.5) is 0 Å². The third kappa shape index (κ3) is 37.8. The minimum absolute atomic E-state index is 0.130. The molecule has 1 N–H and O–H groups in total. The molecule has 0 aliphatic heterocycles. The van der Waals surface area contributed by atoms with Crippen LogP contribution in [-0.4, -0.2) is 23.1 Å². The number of carbonyl (C=O) groups excluding carboxylic acids is 1. The van der Waals surface area contributed by atoms with Gasteiger partial charge in [0, 0.05) is 12.8 Å². The van der Waals surface area contributed by atoms with Gasteiger partial charge in [-0.15, -0.1) is 0 Å². The molecule has 0 bridgehead atoms. The van der Waals surface area contributed by atoms with Gasteiger partial charge in [0.1, 0.15) is 6.10 Å². The van der Waals surface area contributed by atoms with E-state index in [1.165, 1.54) is 83.5 Å². The van der Waals surface area contributed by atoms with E-state index in [-0.39, 0.29) is 18.5 Å². The van der Waals surface area contributed by atoms with Gasteiger partial charge in [0.25, 0.3) is 0 Å². The van der Waals surface area contributed by atoms with Crippen LogP contribution in [-0.2, 0) is 14.3 Å². The standard InChI is InChI=1S/C44H74O4/c1-3-5-7-9-11-13-15-17-19-20-21-22-24-26-28-30-32-34-36-41-44(47)48-42(39-37-40-43(45)46)38-35-33-31-29-27-25-23-18-16-14-12-10-8-6-4-2/h5,7,11,13,17,19,21-22,26,28,32,34,42H,3-4,6,8-10,12,14-16,18,20,23-25,27,29-31,33,35-41H2,1-2H3,(H,45,46)/b7-5-,13-11-,19-17-,22-21-,28-26-,34-32-. The molecular weight excluding hydrogens is 592 g/mol. The molecule has 274 valence electrons. The lowest BCUT2D eigenvalue weighted by molar-refractivity contribution is -0.149. The zero-order chi connectivity index (χ0) is 35.0. The molecular formula is C44H74O4. The van der Waals surface area contributed by atoms with Gasteiger partial charge in [-0.1, -0.05) is 177 Å². The molecule has 0 aromatic rings. The summed E-state index contributed by atoms with van der Waals surface area (Å²) in [6.45, 7) is 4.43. The Morgan fingerprint density at radius 2 is 0.854 bits per heavy atom. The maximum Gasteiger partial charge on any atom is 0.306 e. The Balaban J connectivity index is 3.98. The van der Waals surface area contributed by atoms with Crippen LogP contribution in [0, 0.1) is 0 Å². The Labute approximate surface area is 297 Å². The predicted octanol–water partition coefficient (Wildman–Crippen LogP) is 13.9. The highest BCUT2D eigenvalue weighted by Crippen LogP contribution is 2.17. The van der Waals surface area contributed by atoms with Crippen molar-refractivity contribution in [1.29, 1.82) is 0 Å². The molecule has 0 saturated heterocycles. The monoisotopic (exact) mass is 667 g/mol. The molecule has 4 nitrogen and oxygen atoms in total. The van der Waals surface area contributed by atoms with E-state index in [1.807, 2.05) is 0 Å². The second kappa shape index (κ2) is 38.8. The van der Waals surface area contributed by atoms with Gasteiger partial charge in [-0.3, -0.25) is 9.59 Å². The first-order chi connectivity index (χ1) is 23.6. The predicted molar refractivity (Wildman–Crippen MR) is 208 cm³/mol. The number of unbranched alkanes of at least 4 members (excludes halogenated alkanes) is 14. The molecule has 1 atom stereocenters. The molecule has 0 rings (SSSR count). The lowest BCUT2D eigenvalue weighted by Crippen LogP contribution is -2.18. The van der Waals surface area contributed by atoms with Gasteiger partial charge in [-0.2, -0.15) is 0 Å². The van der Waals surface area contributed by atoms with Crippen LogP contribution in [0.5, 0.6) is 0 Å². The SMILES string of the molecule is CC/C=C\C/C=C\C/C=C\C/C=C\C/C=C\C/C=C\CCC(=O)OC(CCCCCCCCCCCCCCCCC)CCCC(=O)O. The molecule has 0 saturated carbocycles. The first-order valence-electron chi connectivity index (χ1n) is 19.9. The van der Waals surface area contributed by atoms with Crippen molar-refractivity contribution < 1.29 is 19.4 Å². The number of ether oxygens (including phenoxy) is 1. The summed E-state index contributed by atoms with van der Waals surface area (Å²) in [6, 6.07) is 0. The second-order valence-electron chi connectivity index (χ2n) is 13.1. The number of rotatable bonds is 35. The van der Waals surface area contributed by atoms with E-state index in [9.17, 15) is 9.59 Å². The zero-order valence-corrected chi connectivity index (χ0v) is 31.3. The lowest BCUT2D eigenvalue weighted by Gasteiger charge is -2.17. The fourth-order valence-corrected chi connectivity index (χ4v) is 5.57. The molecule has 0 radical (unpaired) electrons. The van der Waals surface area contributed by atoms with Gasteiger partial charge in [0.05, 0.1) is 0 Å². The van der Waals surface area contributed by atoms with Crippen LogP contribution in [0.1, 0.15) is 187 Å². The quantitative estimate of drug-likeness (QED) is 0.0415. The van der Waals surface area contributed by atoms with Crippen LogP contribution in [0.2, 0.25) is 0 Å². The minimum atomic E-state index is -0.787. The molecule has 0 fully saturated rings. The summed E-state index contributed by atoms with van der Waals surface area (Å²) in [6.07, 6.45) is 54.9. The number of esters is 1. The number of carbonyl (C=O) groups is 2. The van der Waals surface area contributed by atoms with E-state index in [0.717, 1.165) is 57.8 Å². The average molecular weight is 667 g/mol. The number of hydrogen-bond acceptors (Lipinski definition) is 3. The maximum atomic E-state index is 12.5. The molecule has 0 aromatic carbocycles. The van der Waals surface area contributed by atoms with Crippen molar-refractivity contribution >= 4 is 11.9 Å². The van der Waals surface area contributed by atoms with Crippen LogP contribution >= 0.6 is 0 Å². The highest BCUT2D eigenvalue weighted by Gasteiger charge is 2.14. The van der Waals surface area contributed by atoms with E-state index in [4.69, 9.17) is 9.84 Å². The van der Waals surface area contributed by atoms with Gasteiger partial charge in [0.2, 0.25) is 0 Å². The summed E-state index contributed by atoms with van der Waals surface area (Å²) >= 11 is 0. The first-order valence-corrected chi connectivity index (χ1v) is 19.9. The number of carboxylic acids is 1. The molecule has 0 aliphatic carbocycles. The average Bonchev–Trinajstić information content (AvgIpc) is 3.07. The van der Waals surface area contributed by atoms with Crippen molar-refractivity contribution in [3.63, 3.8) is 0 Å². The number of hydrogen-bond donors (Lipinski definition) is 1. The molecule has 0 aliphatic rings. The van der Waals surface area contributed by atoms with Crippen LogP contribution < -0.4 is 0 Å².